The highest BCUT2D eigenvalue weighted by Gasteiger charge is 2.33. The zero-order valence-electron chi connectivity index (χ0n) is 23.3. The van der Waals surface area contributed by atoms with Gasteiger partial charge in [-0.05, 0) is 69.2 Å². The number of nitrogens with zero attached hydrogens (tertiary/aromatic N) is 2. The average molecular weight is 631 g/mol. The fraction of sp³-hybridized carbons (Fsp3) is 0.333. The van der Waals surface area contributed by atoms with Gasteiger partial charge < -0.3 is 15.0 Å². The summed E-state index contributed by atoms with van der Waals surface area (Å²) in [7, 11) is -4.18. The summed E-state index contributed by atoms with van der Waals surface area (Å²) in [5.41, 5.74) is 1.95. The summed E-state index contributed by atoms with van der Waals surface area (Å²) in [6.07, 6.45) is 0.746. The third-order valence-electron chi connectivity index (χ3n) is 6.30. The van der Waals surface area contributed by atoms with Gasteiger partial charge in [0.2, 0.25) is 11.8 Å². The van der Waals surface area contributed by atoms with E-state index in [1.807, 2.05) is 38.1 Å². The second kappa shape index (κ2) is 14.3. The minimum Gasteiger partial charge on any atom is -0.492 e. The maximum atomic E-state index is 14.0. The van der Waals surface area contributed by atoms with Crippen molar-refractivity contribution in [1.82, 2.24) is 10.2 Å². The summed E-state index contributed by atoms with van der Waals surface area (Å²) in [5.74, 6) is -0.499. The molecule has 0 radical (unpaired) electrons. The van der Waals surface area contributed by atoms with Crippen molar-refractivity contribution in [2.45, 2.75) is 51.6 Å². The second-order valence-corrected chi connectivity index (χ2v) is 12.1. The Morgan fingerprint density at radius 3 is 2.25 bits per heavy atom. The first-order chi connectivity index (χ1) is 19.1. The molecule has 0 aliphatic rings. The van der Waals surface area contributed by atoms with E-state index in [2.05, 4.69) is 21.2 Å². The van der Waals surface area contributed by atoms with E-state index in [0.717, 1.165) is 26.3 Å². The molecule has 214 valence electrons. The molecule has 3 rings (SSSR count). The Balaban J connectivity index is 2.06. The van der Waals surface area contributed by atoms with Gasteiger partial charge in [0, 0.05) is 17.6 Å². The zero-order chi connectivity index (χ0) is 29.3. The smallest absolute Gasteiger partial charge is 0.264 e. The Kier molecular flexibility index (Phi) is 11.2. The zero-order valence-corrected chi connectivity index (χ0v) is 25.7. The molecule has 2 amide bonds. The number of carbonyl (C=O) groups is 2. The number of ether oxygens (including phenoxy) is 1. The first-order valence-corrected chi connectivity index (χ1v) is 15.4. The molecule has 0 aliphatic carbocycles. The van der Waals surface area contributed by atoms with Crippen molar-refractivity contribution in [3.63, 3.8) is 0 Å². The van der Waals surface area contributed by atoms with Gasteiger partial charge in [-0.15, -0.1) is 0 Å². The van der Waals surface area contributed by atoms with E-state index in [4.69, 9.17) is 4.74 Å². The van der Waals surface area contributed by atoms with Gasteiger partial charge in [-0.1, -0.05) is 64.8 Å². The molecule has 1 N–H and O–H groups in total. The number of hydrogen-bond donors (Lipinski definition) is 1. The molecule has 40 heavy (non-hydrogen) atoms. The lowest BCUT2D eigenvalue weighted by Gasteiger charge is -2.32. The predicted octanol–water partition coefficient (Wildman–Crippen LogP) is 5.30. The predicted molar refractivity (Wildman–Crippen MR) is 161 cm³/mol. The molecule has 0 saturated heterocycles. The van der Waals surface area contributed by atoms with E-state index in [0.29, 0.717) is 18.9 Å². The third kappa shape index (κ3) is 7.85. The van der Waals surface area contributed by atoms with Crippen LogP contribution in [0.2, 0.25) is 0 Å². The Labute approximate surface area is 245 Å². The highest BCUT2D eigenvalue weighted by molar-refractivity contribution is 9.10. The molecule has 0 aliphatic heterocycles. The molecule has 0 saturated carbocycles. The lowest BCUT2D eigenvalue weighted by molar-refractivity contribution is -0.139. The van der Waals surface area contributed by atoms with E-state index in [1.54, 1.807) is 50.2 Å². The van der Waals surface area contributed by atoms with Crippen molar-refractivity contribution in [1.29, 1.82) is 0 Å². The van der Waals surface area contributed by atoms with E-state index >= 15 is 0 Å². The number of carbonyl (C=O) groups excluding carboxylic acids is 2. The minimum atomic E-state index is -4.18. The van der Waals surface area contributed by atoms with Gasteiger partial charge in [-0.2, -0.15) is 0 Å². The standard InChI is InChI=1S/C30H36BrN3O5S/c1-5-19-32-30(36)23(4)33(20-24-13-15-25(31)16-14-24)29(35)21-34(27-9-7-8-10-28(27)39-6-2)40(37,38)26-17-11-22(3)12-18-26/h7-18,23H,5-6,19-21H2,1-4H3,(H,32,36)/t23-/m0/s1. The van der Waals surface area contributed by atoms with E-state index in [-0.39, 0.29) is 23.0 Å². The van der Waals surface area contributed by atoms with Gasteiger partial charge in [-0.3, -0.25) is 13.9 Å². The van der Waals surface area contributed by atoms with Crippen molar-refractivity contribution < 1.29 is 22.7 Å². The normalized spacial score (nSPS) is 11.9. The minimum absolute atomic E-state index is 0.0467. The van der Waals surface area contributed by atoms with Crippen LogP contribution in [0.5, 0.6) is 5.75 Å². The van der Waals surface area contributed by atoms with Gasteiger partial charge in [0.1, 0.15) is 18.3 Å². The first kappa shape index (κ1) is 31.2. The fourth-order valence-corrected chi connectivity index (χ4v) is 5.75. The molecule has 0 fully saturated rings. The molecule has 0 spiro atoms. The van der Waals surface area contributed by atoms with Gasteiger partial charge in [-0.25, -0.2) is 8.42 Å². The summed E-state index contributed by atoms with van der Waals surface area (Å²) in [4.78, 5) is 28.4. The number of halogens is 1. The van der Waals surface area contributed by atoms with E-state index in [1.165, 1.54) is 17.0 Å². The van der Waals surface area contributed by atoms with Gasteiger partial charge in [0.05, 0.1) is 17.2 Å². The highest BCUT2D eigenvalue weighted by atomic mass is 79.9. The molecule has 3 aromatic rings. The van der Waals surface area contributed by atoms with Crippen LogP contribution in [0.3, 0.4) is 0 Å². The van der Waals surface area contributed by atoms with E-state index < -0.39 is 28.5 Å². The number of benzene rings is 3. The number of hydrogen-bond acceptors (Lipinski definition) is 5. The number of sulfonamides is 1. The topological polar surface area (TPSA) is 96.0 Å². The molecule has 0 bridgehead atoms. The number of rotatable bonds is 13. The van der Waals surface area contributed by atoms with Gasteiger partial charge in [0.25, 0.3) is 10.0 Å². The quantitative estimate of drug-likeness (QED) is 0.277. The molecule has 0 aromatic heterocycles. The summed E-state index contributed by atoms with van der Waals surface area (Å²) < 4.78 is 35.7. The van der Waals surface area contributed by atoms with Crippen molar-refractivity contribution >= 4 is 43.5 Å². The Bertz CT molecular complexity index is 1400. The lowest BCUT2D eigenvalue weighted by Crippen LogP contribution is -2.51. The third-order valence-corrected chi connectivity index (χ3v) is 8.61. The lowest BCUT2D eigenvalue weighted by atomic mass is 10.1. The molecule has 0 unspecified atom stereocenters. The molecular formula is C30H36BrN3O5S. The Hall–Kier alpha value is -3.37. The maximum Gasteiger partial charge on any atom is 0.264 e. The fourth-order valence-electron chi connectivity index (χ4n) is 4.06. The number of amides is 2. The van der Waals surface area contributed by atoms with Crippen molar-refractivity contribution in [3.05, 3.63) is 88.4 Å². The maximum absolute atomic E-state index is 14.0. The highest BCUT2D eigenvalue weighted by Crippen LogP contribution is 2.33. The molecule has 1 atom stereocenters. The monoisotopic (exact) mass is 629 g/mol. The molecule has 0 heterocycles. The molecule has 8 nitrogen and oxygen atoms in total. The van der Waals surface area contributed by atoms with Crippen molar-refractivity contribution in [3.8, 4) is 5.75 Å². The average Bonchev–Trinajstić information content (AvgIpc) is 2.94. The Morgan fingerprint density at radius 2 is 1.62 bits per heavy atom. The molecule has 10 heteroatoms. The first-order valence-electron chi connectivity index (χ1n) is 13.2. The van der Waals surface area contributed by atoms with Crippen molar-refractivity contribution in [2.75, 3.05) is 24.0 Å². The van der Waals surface area contributed by atoms with E-state index in [9.17, 15) is 18.0 Å². The molecule has 3 aromatic carbocycles. The number of anilines is 1. The second-order valence-electron chi connectivity index (χ2n) is 9.34. The molecular weight excluding hydrogens is 594 g/mol. The summed E-state index contributed by atoms with van der Waals surface area (Å²) >= 11 is 3.42. The van der Waals surface area contributed by atoms with Crippen LogP contribution in [0.15, 0.2) is 82.2 Å². The number of nitrogens with one attached hydrogen (secondary N) is 1. The van der Waals surface area contributed by atoms with Crippen LogP contribution >= 0.6 is 15.9 Å². The largest absolute Gasteiger partial charge is 0.492 e. The van der Waals surface area contributed by atoms with Crippen LogP contribution in [0.25, 0.3) is 0 Å². The van der Waals surface area contributed by atoms with Gasteiger partial charge in [0.15, 0.2) is 0 Å². The summed E-state index contributed by atoms with van der Waals surface area (Å²) in [5, 5.41) is 2.84. The number of para-hydroxylation sites is 2. The van der Waals surface area contributed by atoms with Crippen LogP contribution < -0.4 is 14.4 Å². The van der Waals surface area contributed by atoms with Crippen LogP contribution in [0, 0.1) is 6.92 Å². The summed E-state index contributed by atoms with van der Waals surface area (Å²) in [6, 6.07) is 19.8. The Morgan fingerprint density at radius 1 is 0.975 bits per heavy atom. The SMILES string of the molecule is CCCNC(=O)[C@H](C)N(Cc1ccc(Br)cc1)C(=O)CN(c1ccccc1OCC)S(=O)(=O)c1ccc(C)cc1. The van der Waals surface area contributed by atoms with Crippen molar-refractivity contribution in [2.24, 2.45) is 0 Å². The van der Waals surface area contributed by atoms with Gasteiger partial charge >= 0.3 is 0 Å². The number of aryl methyl sites for hydroxylation is 1. The van der Waals surface area contributed by atoms with Crippen LogP contribution in [-0.2, 0) is 26.2 Å². The van der Waals surface area contributed by atoms with Crippen LogP contribution in [-0.4, -0.2) is 50.9 Å². The summed E-state index contributed by atoms with van der Waals surface area (Å²) in [6.45, 7) is 7.64. The van der Waals surface area contributed by atoms with Crippen LogP contribution in [0.4, 0.5) is 5.69 Å². The van der Waals surface area contributed by atoms with Crippen LogP contribution in [0.1, 0.15) is 38.3 Å².